The number of nitrogens with one attached hydrogen (secondary N) is 1. The van der Waals surface area contributed by atoms with Gasteiger partial charge in [0.05, 0.1) is 22.4 Å². The van der Waals surface area contributed by atoms with Gasteiger partial charge in [-0.05, 0) is 90.1 Å². The zero-order valence-electron chi connectivity index (χ0n) is 15.3. The number of hydrogen-bond acceptors (Lipinski definition) is 5. The predicted molar refractivity (Wildman–Crippen MR) is 129 cm³/mol. The summed E-state index contributed by atoms with van der Waals surface area (Å²) in [5.41, 5.74) is 7.04. The minimum Gasteiger partial charge on any atom is -0.479 e. The van der Waals surface area contributed by atoms with E-state index in [4.69, 9.17) is 18.0 Å². The van der Waals surface area contributed by atoms with Crippen LogP contribution in [0.5, 0.6) is 0 Å². The van der Waals surface area contributed by atoms with Gasteiger partial charge >= 0.3 is 6.18 Å². The van der Waals surface area contributed by atoms with Crippen LogP contribution in [0, 0.1) is 10.9 Å². The number of rotatable bonds is 1. The van der Waals surface area contributed by atoms with Crippen molar-refractivity contribution in [1.82, 2.24) is 4.98 Å². The molecule has 0 unspecified atom stereocenters. The molecule has 3 nitrogen and oxygen atoms in total. The topological polar surface area (TPSA) is 51.0 Å². The average molecular weight is 544 g/mol. The highest BCUT2D eigenvalue weighted by Gasteiger charge is 2.30. The number of alkyl halides is 3. The summed E-state index contributed by atoms with van der Waals surface area (Å²) in [6.45, 7) is 4.55. The second kappa shape index (κ2) is 11.9. The number of thiocarbonyl (C=S) groups is 1. The molecule has 0 aliphatic rings. The van der Waals surface area contributed by atoms with E-state index in [2.05, 4.69) is 75.6 Å². The van der Waals surface area contributed by atoms with Crippen molar-refractivity contribution >= 4 is 84.6 Å². The quantitative estimate of drug-likeness (QED) is 0.169. The van der Waals surface area contributed by atoms with Crippen LogP contribution in [0.15, 0.2) is 40.9 Å². The highest BCUT2D eigenvalue weighted by atomic mass is 79.9. The van der Waals surface area contributed by atoms with Gasteiger partial charge in [-0.1, -0.05) is 18.7 Å². The molecule has 158 valence electrons. The van der Waals surface area contributed by atoms with Crippen molar-refractivity contribution in [1.29, 1.82) is 0 Å². The van der Waals surface area contributed by atoms with Crippen LogP contribution < -0.4 is 5.73 Å². The number of anilines is 1. The third kappa shape index (κ3) is 9.47. The van der Waals surface area contributed by atoms with E-state index in [0.717, 1.165) is 21.6 Å². The van der Waals surface area contributed by atoms with Gasteiger partial charge in [0.2, 0.25) is 4.38 Å². The Balaban J connectivity index is 0.000000231. The van der Waals surface area contributed by atoms with Crippen molar-refractivity contribution in [2.45, 2.75) is 20.0 Å². The number of halogens is 4. The molecule has 0 amide bonds. The van der Waals surface area contributed by atoms with E-state index in [1.165, 1.54) is 16.3 Å². The van der Waals surface area contributed by atoms with E-state index in [-0.39, 0.29) is 5.69 Å². The van der Waals surface area contributed by atoms with Crippen LogP contribution in [0.1, 0.15) is 18.1 Å². The fraction of sp³-hybridized carbons (Fsp3) is 0.222. The standard InChI is InChI=1S/C8H7NS2.C7H5BrF3N.C3H6OS2/c1-5-2-3-7-6(4-5)9-8(10)11-7;8-5-2-1-4(3-6(5)12)7(9,10)11;1-2-4-3(5)6/h2-4H,1H3,(H,9,10);1-3H,12H2;2H2,1H3,(H,5,6). The lowest BCUT2D eigenvalue weighted by Gasteiger charge is -2.07. The molecule has 0 saturated heterocycles. The number of fused-ring (bicyclic) bond motifs is 1. The maximum Gasteiger partial charge on any atom is 0.416 e. The summed E-state index contributed by atoms with van der Waals surface area (Å²) in [5.74, 6) is 0. The lowest BCUT2D eigenvalue weighted by atomic mass is 10.2. The fourth-order valence-electron chi connectivity index (χ4n) is 1.91. The Hall–Kier alpha value is -1.14. The first-order valence-electron chi connectivity index (χ1n) is 8.01. The van der Waals surface area contributed by atoms with Crippen LogP contribution >= 0.6 is 64.3 Å². The monoisotopic (exact) mass is 542 g/mol. The number of benzene rings is 2. The van der Waals surface area contributed by atoms with Crippen molar-refractivity contribution < 1.29 is 17.9 Å². The molecule has 0 fully saturated rings. The number of ether oxygens (including phenoxy) is 1. The lowest BCUT2D eigenvalue weighted by molar-refractivity contribution is -0.137. The molecule has 0 spiro atoms. The minimum atomic E-state index is -4.32. The average Bonchev–Trinajstić information content (AvgIpc) is 2.96. The van der Waals surface area contributed by atoms with Crippen LogP contribution in [0.3, 0.4) is 0 Å². The summed E-state index contributed by atoms with van der Waals surface area (Å²) >= 11 is 17.8. The van der Waals surface area contributed by atoms with Crippen molar-refractivity contribution in [3.63, 3.8) is 0 Å². The number of thiol groups is 1. The summed E-state index contributed by atoms with van der Waals surface area (Å²) in [6.07, 6.45) is -4.32. The molecule has 29 heavy (non-hydrogen) atoms. The van der Waals surface area contributed by atoms with Gasteiger partial charge in [-0.2, -0.15) is 13.2 Å². The summed E-state index contributed by atoms with van der Waals surface area (Å²) < 4.78 is 43.6. The molecule has 11 heteroatoms. The molecule has 0 atom stereocenters. The smallest absolute Gasteiger partial charge is 0.416 e. The molecule has 0 radical (unpaired) electrons. The molecule has 1 aromatic heterocycles. The largest absolute Gasteiger partial charge is 0.479 e. The molecule has 2 aromatic carbocycles. The Morgan fingerprint density at radius 1 is 1.28 bits per heavy atom. The van der Waals surface area contributed by atoms with Gasteiger partial charge in [0.25, 0.3) is 0 Å². The first-order valence-corrected chi connectivity index (χ1v) is 10.9. The number of nitrogen functional groups attached to an aromatic ring is 1. The Kier molecular flexibility index (Phi) is 10.6. The number of thiazole rings is 1. The van der Waals surface area contributed by atoms with Gasteiger partial charge in [-0.15, -0.1) is 11.3 Å². The molecule has 0 aliphatic carbocycles. The molecule has 0 aliphatic heterocycles. The third-order valence-electron chi connectivity index (χ3n) is 3.17. The zero-order valence-corrected chi connectivity index (χ0v) is 20.3. The second-order valence-corrected chi connectivity index (χ2v) is 9.10. The van der Waals surface area contributed by atoms with E-state index in [1.807, 2.05) is 6.92 Å². The highest BCUT2D eigenvalue weighted by Crippen LogP contribution is 2.32. The molecule has 3 aromatic rings. The summed E-state index contributed by atoms with van der Waals surface area (Å²) in [7, 11) is 0. The second-order valence-electron chi connectivity index (χ2n) is 5.45. The maximum absolute atomic E-state index is 12.0. The lowest BCUT2D eigenvalue weighted by Crippen LogP contribution is -2.05. The highest BCUT2D eigenvalue weighted by molar-refractivity contribution is 9.10. The Labute approximate surface area is 195 Å². The van der Waals surface area contributed by atoms with Gasteiger partial charge in [0, 0.05) is 10.2 Å². The van der Waals surface area contributed by atoms with E-state index in [0.29, 0.717) is 15.5 Å². The van der Waals surface area contributed by atoms with Crippen LogP contribution in [-0.2, 0) is 10.9 Å². The van der Waals surface area contributed by atoms with E-state index in [9.17, 15) is 13.2 Å². The van der Waals surface area contributed by atoms with E-state index in [1.54, 1.807) is 11.3 Å². The van der Waals surface area contributed by atoms with Gasteiger partial charge in [-0.3, -0.25) is 0 Å². The fourth-order valence-corrected chi connectivity index (χ4v) is 3.50. The van der Waals surface area contributed by atoms with E-state index < -0.39 is 11.7 Å². The molecule has 0 bridgehead atoms. The van der Waals surface area contributed by atoms with Crippen molar-refractivity contribution in [2.24, 2.45) is 0 Å². The summed E-state index contributed by atoms with van der Waals surface area (Å²) in [5, 5.41) is 0. The summed E-state index contributed by atoms with van der Waals surface area (Å²) in [6, 6.07) is 9.45. The normalized spacial score (nSPS) is 10.4. The zero-order chi connectivity index (χ0) is 22.2. The van der Waals surface area contributed by atoms with Crippen LogP contribution in [0.4, 0.5) is 18.9 Å². The summed E-state index contributed by atoms with van der Waals surface area (Å²) in [4.78, 5) is 3.13. The first-order chi connectivity index (χ1) is 13.4. The van der Waals surface area contributed by atoms with E-state index >= 15 is 0 Å². The molecule has 3 N–H and O–H groups in total. The number of aromatic nitrogens is 1. The van der Waals surface area contributed by atoms with Crippen LogP contribution in [0.2, 0.25) is 0 Å². The van der Waals surface area contributed by atoms with Gasteiger partial charge < -0.3 is 15.5 Å². The van der Waals surface area contributed by atoms with Gasteiger partial charge in [0.1, 0.15) is 0 Å². The number of hydrogen-bond donors (Lipinski definition) is 3. The van der Waals surface area contributed by atoms with Crippen molar-refractivity contribution in [2.75, 3.05) is 12.3 Å². The van der Waals surface area contributed by atoms with Crippen molar-refractivity contribution in [3.8, 4) is 0 Å². The molecule has 1 heterocycles. The predicted octanol–water partition coefficient (Wildman–Crippen LogP) is 7.56. The third-order valence-corrected chi connectivity index (χ3v) is 5.35. The Morgan fingerprint density at radius 3 is 2.41 bits per heavy atom. The molecule has 3 rings (SSSR count). The SMILES string of the molecule is CCOC(=S)S.Cc1ccc2sc(=S)[nH]c2c1.Nc1cc(C(F)(F)F)ccc1Br. The van der Waals surface area contributed by atoms with Crippen LogP contribution in [0.25, 0.3) is 10.2 Å². The van der Waals surface area contributed by atoms with Crippen molar-refractivity contribution in [3.05, 3.63) is 56.0 Å². The number of nitrogens with two attached hydrogens (primary N) is 1. The van der Waals surface area contributed by atoms with Gasteiger partial charge in [0.15, 0.2) is 3.95 Å². The van der Waals surface area contributed by atoms with Gasteiger partial charge in [-0.25, -0.2) is 0 Å². The first kappa shape index (κ1) is 25.9. The number of aromatic amines is 1. The molecular formula is C18H18BrF3N2OS4. The molecular weight excluding hydrogens is 525 g/mol. The Bertz CT molecular complexity index is 1020. The Morgan fingerprint density at radius 2 is 1.93 bits per heavy atom. The molecule has 0 saturated carbocycles. The minimum absolute atomic E-state index is 0.0878. The maximum atomic E-state index is 12.0. The number of aryl methyl sites for hydroxylation is 1. The van der Waals surface area contributed by atoms with Crippen LogP contribution in [-0.4, -0.2) is 16.0 Å². The number of H-pyrrole nitrogens is 1.